The number of rotatable bonds is 6. The molecule has 0 fully saturated rings. The van der Waals surface area contributed by atoms with Crippen molar-refractivity contribution in [1.29, 1.82) is 0 Å². The van der Waals surface area contributed by atoms with E-state index in [0.717, 1.165) is 17.2 Å². The fraction of sp³-hybridized carbons (Fsp3) is 0.438. The maximum atomic E-state index is 11.7. The molecular formula is C16H22ClN5O. The first kappa shape index (κ1) is 17.4. The number of halogens is 1. The third kappa shape index (κ3) is 3.54. The van der Waals surface area contributed by atoms with E-state index < -0.39 is 5.54 Å². The molecule has 0 radical (unpaired) electrons. The van der Waals surface area contributed by atoms with E-state index in [9.17, 15) is 4.79 Å². The summed E-state index contributed by atoms with van der Waals surface area (Å²) in [5.74, 6) is 1.14. The van der Waals surface area contributed by atoms with Gasteiger partial charge < -0.3 is 10.3 Å². The average Bonchev–Trinajstić information content (AvgIpc) is 2.86. The fourth-order valence-corrected chi connectivity index (χ4v) is 2.33. The van der Waals surface area contributed by atoms with Crippen LogP contribution in [0.3, 0.4) is 0 Å². The molecule has 6 nitrogen and oxygen atoms in total. The van der Waals surface area contributed by atoms with E-state index in [0.29, 0.717) is 11.6 Å². The Kier molecular flexibility index (Phi) is 5.06. The molecule has 7 heteroatoms. The van der Waals surface area contributed by atoms with Gasteiger partial charge in [0.05, 0.1) is 12.1 Å². The van der Waals surface area contributed by atoms with Crippen molar-refractivity contribution in [3.05, 3.63) is 35.1 Å². The van der Waals surface area contributed by atoms with E-state index in [2.05, 4.69) is 15.5 Å². The Balaban J connectivity index is 2.20. The lowest BCUT2D eigenvalue weighted by Gasteiger charge is -2.31. The largest absolute Gasteiger partial charge is 0.368 e. The minimum Gasteiger partial charge on any atom is -0.368 e. The molecule has 124 valence electrons. The van der Waals surface area contributed by atoms with Crippen LogP contribution in [0.15, 0.2) is 24.3 Å². The molecule has 3 N–H and O–H groups in total. The lowest BCUT2D eigenvalue weighted by Crippen LogP contribution is -2.56. The van der Waals surface area contributed by atoms with E-state index in [4.69, 9.17) is 17.3 Å². The number of carbonyl (C=O) groups is 1. The minimum atomic E-state index is -0.799. The topological polar surface area (TPSA) is 85.8 Å². The molecule has 2 aromatic rings. The summed E-state index contributed by atoms with van der Waals surface area (Å²) in [6, 6.07) is 7.41. The highest BCUT2D eigenvalue weighted by Gasteiger charge is 2.34. The highest BCUT2D eigenvalue weighted by Crippen LogP contribution is 2.21. The Morgan fingerprint density at radius 1 is 1.35 bits per heavy atom. The highest BCUT2D eigenvalue weighted by molar-refractivity contribution is 6.30. The molecule has 23 heavy (non-hydrogen) atoms. The molecule has 0 saturated heterocycles. The third-order valence-electron chi connectivity index (χ3n) is 4.35. The second kappa shape index (κ2) is 6.68. The van der Waals surface area contributed by atoms with Crippen molar-refractivity contribution in [2.24, 2.45) is 18.7 Å². The second-order valence-corrected chi connectivity index (χ2v) is 6.52. The molecule has 0 aliphatic rings. The number of nitrogens with one attached hydrogen (secondary N) is 1. The Morgan fingerprint density at radius 2 is 1.96 bits per heavy atom. The Hall–Kier alpha value is -1.92. The van der Waals surface area contributed by atoms with Crippen molar-refractivity contribution < 1.29 is 4.79 Å². The molecule has 0 saturated carbocycles. The van der Waals surface area contributed by atoms with Crippen LogP contribution in [0.2, 0.25) is 5.02 Å². The van der Waals surface area contributed by atoms with Crippen molar-refractivity contribution >= 4 is 17.5 Å². The minimum absolute atomic E-state index is 0.0592. The summed E-state index contributed by atoms with van der Waals surface area (Å²) in [4.78, 5) is 11.7. The molecule has 2 rings (SSSR count). The summed E-state index contributed by atoms with van der Waals surface area (Å²) < 4.78 is 1.89. The van der Waals surface area contributed by atoms with Gasteiger partial charge in [-0.3, -0.25) is 10.1 Å². The van der Waals surface area contributed by atoms with Crippen molar-refractivity contribution in [3.63, 3.8) is 0 Å². The van der Waals surface area contributed by atoms with Gasteiger partial charge in [0.25, 0.3) is 0 Å². The maximum absolute atomic E-state index is 11.7. The van der Waals surface area contributed by atoms with Crippen molar-refractivity contribution in [1.82, 2.24) is 20.1 Å². The summed E-state index contributed by atoms with van der Waals surface area (Å²) in [5.41, 5.74) is 5.66. The zero-order valence-corrected chi connectivity index (χ0v) is 14.6. The molecule has 0 aliphatic carbocycles. The van der Waals surface area contributed by atoms with E-state index in [1.807, 2.05) is 49.7 Å². The first-order valence-electron chi connectivity index (χ1n) is 7.45. The van der Waals surface area contributed by atoms with Crippen molar-refractivity contribution in [3.8, 4) is 11.4 Å². The van der Waals surface area contributed by atoms with Crippen LogP contribution in [0.4, 0.5) is 0 Å². The SMILES string of the molecule is CC(C)C(C)(NCc1nnc(-c2ccc(Cl)cc2)n1C)C(N)=O. The van der Waals surface area contributed by atoms with Crippen molar-refractivity contribution in [2.75, 3.05) is 0 Å². The molecule has 1 aromatic heterocycles. The lowest BCUT2D eigenvalue weighted by molar-refractivity contribution is -0.125. The van der Waals surface area contributed by atoms with E-state index in [-0.39, 0.29) is 11.8 Å². The number of primary amides is 1. The van der Waals surface area contributed by atoms with Crippen LogP contribution < -0.4 is 11.1 Å². The fourth-order valence-electron chi connectivity index (χ4n) is 2.20. The smallest absolute Gasteiger partial charge is 0.237 e. The first-order chi connectivity index (χ1) is 10.8. The number of aromatic nitrogens is 3. The number of benzene rings is 1. The van der Waals surface area contributed by atoms with Gasteiger partial charge in [0.2, 0.25) is 5.91 Å². The number of nitrogens with two attached hydrogens (primary N) is 1. The number of carbonyl (C=O) groups excluding carboxylic acids is 1. The number of nitrogens with zero attached hydrogens (tertiary/aromatic N) is 3. The third-order valence-corrected chi connectivity index (χ3v) is 4.60. The molecule has 1 amide bonds. The Labute approximate surface area is 141 Å². The lowest BCUT2D eigenvalue weighted by atomic mass is 9.87. The standard InChI is InChI=1S/C16H22ClN5O/c1-10(2)16(3,15(18)23)19-9-13-20-21-14(22(13)4)11-5-7-12(17)8-6-11/h5-8,10,19H,9H2,1-4H3,(H2,18,23). The van der Waals surface area contributed by atoms with Gasteiger partial charge in [0.1, 0.15) is 5.82 Å². The number of amides is 1. The van der Waals surface area contributed by atoms with Gasteiger partial charge in [-0.1, -0.05) is 25.4 Å². The maximum Gasteiger partial charge on any atom is 0.237 e. The van der Waals surface area contributed by atoms with Crippen LogP contribution in [0, 0.1) is 5.92 Å². The summed E-state index contributed by atoms with van der Waals surface area (Å²) in [6.45, 7) is 6.10. The van der Waals surface area contributed by atoms with Crippen LogP contribution in [-0.4, -0.2) is 26.2 Å². The van der Waals surface area contributed by atoms with Crippen LogP contribution in [0.25, 0.3) is 11.4 Å². The van der Waals surface area contributed by atoms with E-state index in [1.54, 1.807) is 6.92 Å². The number of hydrogen-bond donors (Lipinski definition) is 2. The molecule has 0 bridgehead atoms. The van der Waals surface area contributed by atoms with E-state index in [1.165, 1.54) is 0 Å². The van der Waals surface area contributed by atoms with Crippen LogP contribution in [-0.2, 0) is 18.4 Å². The molecule has 1 aromatic carbocycles. The van der Waals surface area contributed by atoms with Gasteiger partial charge in [0.15, 0.2) is 5.82 Å². The Bertz CT molecular complexity index is 695. The van der Waals surface area contributed by atoms with Gasteiger partial charge in [-0.05, 0) is 37.1 Å². The van der Waals surface area contributed by atoms with Gasteiger partial charge in [0, 0.05) is 17.6 Å². The quantitative estimate of drug-likeness (QED) is 0.846. The van der Waals surface area contributed by atoms with Crippen molar-refractivity contribution in [2.45, 2.75) is 32.9 Å². The Morgan fingerprint density at radius 3 is 2.48 bits per heavy atom. The van der Waals surface area contributed by atoms with Gasteiger partial charge in [-0.15, -0.1) is 10.2 Å². The average molecular weight is 336 g/mol. The predicted molar refractivity (Wildman–Crippen MR) is 90.7 cm³/mol. The molecule has 1 atom stereocenters. The summed E-state index contributed by atoms with van der Waals surface area (Å²) in [5, 5.41) is 12.3. The molecule has 0 aliphatic heterocycles. The summed E-state index contributed by atoms with van der Waals surface area (Å²) in [6.07, 6.45) is 0. The zero-order valence-electron chi connectivity index (χ0n) is 13.8. The van der Waals surface area contributed by atoms with Gasteiger partial charge in [-0.25, -0.2) is 0 Å². The van der Waals surface area contributed by atoms with Gasteiger partial charge in [-0.2, -0.15) is 0 Å². The first-order valence-corrected chi connectivity index (χ1v) is 7.82. The number of hydrogen-bond acceptors (Lipinski definition) is 4. The van der Waals surface area contributed by atoms with Crippen LogP contribution in [0.1, 0.15) is 26.6 Å². The monoisotopic (exact) mass is 335 g/mol. The molecule has 1 heterocycles. The zero-order chi connectivity index (χ0) is 17.2. The summed E-state index contributed by atoms with van der Waals surface area (Å²) in [7, 11) is 1.89. The normalized spacial score (nSPS) is 14.0. The van der Waals surface area contributed by atoms with E-state index >= 15 is 0 Å². The predicted octanol–water partition coefficient (Wildman–Crippen LogP) is 2.13. The van der Waals surface area contributed by atoms with Gasteiger partial charge >= 0.3 is 0 Å². The molecule has 0 spiro atoms. The van der Waals surface area contributed by atoms with Crippen LogP contribution in [0.5, 0.6) is 0 Å². The highest BCUT2D eigenvalue weighted by atomic mass is 35.5. The van der Waals surface area contributed by atoms with Crippen LogP contribution >= 0.6 is 11.6 Å². The molecular weight excluding hydrogens is 314 g/mol. The second-order valence-electron chi connectivity index (χ2n) is 6.08. The molecule has 1 unspecified atom stereocenters. The summed E-state index contributed by atoms with van der Waals surface area (Å²) >= 11 is 5.91.